The van der Waals surface area contributed by atoms with Crippen molar-refractivity contribution in [2.24, 2.45) is 5.73 Å². The third kappa shape index (κ3) is 5.93. The predicted molar refractivity (Wildman–Crippen MR) is 111 cm³/mol. The number of hydrogen-bond acceptors (Lipinski definition) is 4. The van der Waals surface area contributed by atoms with Crippen LogP contribution in [0.5, 0.6) is 5.88 Å². The van der Waals surface area contributed by atoms with E-state index in [2.05, 4.69) is 10.4 Å². The van der Waals surface area contributed by atoms with Crippen LogP contribution in [0.4, 0.5) is 13.6 Å². The van der Waals surface area contributed by atoms with Crippen molar-refractivity contribution in [3.8, 4) is 22.8 Å². The number of aromatic nitrogens is 2. The van der Waals surface area contributed by atoms with Crippen LogP contribution in [-0.4, -0.2) is 28.3 Å². The summed E-state index contributed by atoms with van der Waals surface area (Å²) in [5.74, 6) is -1.80. The van der Waals surface area contributed by atoms with Crippen molar-refractivity contribution in [2.75, 3.05) is 6.54 Å². The topological polar surface area (TPSA) is 99.2 Å². The third-order valence-corrected chi connectivity index (χ3v) is 4.57. The molecule has 0 saturated heterocycles. The van der Waals surface area contributed by atoms with E-state index in [0.717, 1.165) is 12.1 Å². The molecule has 1 heterocycles. The quantitative estimate of drug-likeness (QED) is 0.499. The molecule has 0 fully saturated rings. The van der Waals surface area contributed by atoms with Crippen LogP contribution in [0.2, 0.25) is 10.0 Å². The average molecular weight is 469 g/mol. The zero-order valence-electron chi connectivity index (χ0n) is 15.9. The summed E-state index contributed by atoms with van der Waals surface area (Å²) in [6.07, 6.45) is -0.347. The van der Waals surface area contributed by atoms with Crippen molar-refractivity contribution in [1.29, 1.82) is 0 Å². The highest BCUT2D eigenvalue weighted by atomic mass is 35.5. The average Bonchev–Trinajstić information content (AvgIpc) is 3.10. The largest absolute Gasteiger partial charge is 0.413 e. The molecule has 1 aromatic heterocycles. The summed E-state index contributed by atoms with van der Waals surface area (Å²) >= 11 is 11.8. The molecule has 7 nitrogen and oxygen atoms in total. The molecule has 11 heteroatoms. The molecule has 162 valence electrons. The fourth-order valence-corrected chi connectivity index (χ4v) is 3.11. The van der Waals surface area contributed by atoms with E-state index in [1.54, 1.807) is 0 Å². The maximum Gasteiger partial charge on any atom is 0.413 e. The van der Waals surface area contributed by atoms with Gasteiger partial charge >= 0.3 is 6.09 Å². The standard InChI is InChI=1S/C20H16Cl2F2N4O3/c21-12-6-11(7-13(23)8-12)17-10-19(31-20(30)26-5-1-2-18(25)29)27-28(17)14-3-4-16(24)15(22)9-14/h3-4,6-10H,1-2,5H2,(H2,25,29)(H,26,30). The lowest BCUT2D eigenvalue weighted by atomic mass is 10.1. The van der Waals surface area contributed by atoms with Gasteiger partial charge in [-0.15, -0.1) is 5.10 Å². The minimum Gasteiger partial charge on any atom is -0.390 e. The first-order valence-corrected chi connectivity index (χ1v) is 9.74. The van der Waals surface area contributed by atoms with Gasteiger partial charge in [-0.2, -0.15) is 0 Å². The van der Waals surface area contributed by atoms with Gasteiger partial charge in [0.1, 0.15) is 11.6 Å². The number of carbonyl (C=O) groups excluding carboxylic acids is 2. The van der Waals surface area contributed by atoms with Crippen molar-refractivity contribution in [1.82, 2.24) is 15.1 Å². The Labute approximate surface area is 185 Å². The molecule has 3 N–H and O–H groups in total. The van der Waals surface area contributed by atoms with Gasteiger partial charge in [0.05, 0.1) is 16.4 Å². The van der Waals surface area contributed by atoms with Crippen LogP contribution >= 0.6 is 23.2 Å². The van der Waals surface area contributed by atoms with Gasteiger partial charge in [-0.25, -0.2) is 18.3 Å². The van der Waals surface area contributed by atoms with E-state index in [-0.39, 0.29) is 28.9 Å². The highest BCUT2D eigenvalue weighted by Crippen LogP contribution is 2.31. The van der Waals surface area contributed by atoms with Gasteiger partial charge in [-0.3, -0.25) is 4.79 Å². The Kier molecular flexibility index (Phi) is 7.09. The first kappa shape index (κ1) is 22.5. The normalized spacial score (nSPS) is 10.7. The van der Waals surface area contributed by atoms with Gasteiger partial charge in [0, 0.05) is 29.6 Å². The number of hydrogen-bond donors (Lipinski definition) is 2. The van der Waals surface area contributed by atoms with Crippen LogP contribution in [-0.2, 0) is 4.79 Å². The van der Waals surface area contributed by atoms with Crippen LogP contribution in [0.1, 0.15) is 12.8 Å². The number of nitrogens with zero attached hydrogens (tertiary/aromatic N) is 2. The molecule has 0 unspecified atom stereocenters. The van der Waals surface area contributed by atoms with Gasteiger partial charge in [-0.1, -0.05) is 23.2 Å². The Morgan fingerprint density at radius 2 is 1.90 bits per heavy atom. The van der Waals surface area contributed by atoms with Gasteiger partial charge < -0.3 is 15.8 Å². The Bertz CT molecular complexity index is 1120. The number of halogens is 4. The van der Waals surface area contributed by atoms with E-state index >= 15 is 0 Å². The second-order valence-corrected chi connectivity index (χ2v) is 7.27. The van der Waals surface area contributed by atoms with E-state index < -0.39 is 23.6 Å². The number of ether oxygens (including phenoxy) is 1. The zero-order valence-corrected chi connectivity index (χ0v) is 17.4. The summed E-state index contributed by atoms with van der Waals surface area (Å²) < 4.78 is 34.0. The van der Waals surface area contributed by atoms with Crippen LogP contribution in [0.3, 0.4) is 0 Å². The zero-order chi connectivity index (χ0) is 22.5. The summed E-state index contributed by atoms with van der Waals surface area (Å²) in [6, 6.07) is 9.12. The number of primary amides is 1. The molecular weight excluding hydrogens is 453 g/mol. The van der Waals surface area contributed by atoms with Crippen molar-refractivity contribution in [2.45, 2.75) is 12.8 Å². The third-order valence-electron chi connectivity index (χ3n) is 4.06. The lowest BCUT2D eigenvalue weighted by molar-refractivity contribution is -0.118. The summed E-state index contributed by atoms with van der Waals surface area (Å²) in [5.41, 5.74) is 6.05. The molecule has 0 aliphatic rings. The van der Waals surface area contributed by atoms with Gasteiger partial charge in [0.25, 0.3) is 0 Å². The van der Waals surface area contributed by atoms with Gasteiger partial charge in [-0.05, 0) is 42.8 Å². The van der Waals surface area contributed by atoms with Crippen molar-refractivity contribution in [3.05, 3.63) is 64.1 Å². The molecule has 2 aromatic carbocycles. The Hall–Kier alpha value is -3.17. The Balaban J connectivity index is 1.91. The summed E-state index contributed by atoms with van der Waals surface area (Å²) in [6.45, 7) is 0.169. The number of nitrogens with two attached hydrogens (primary N) is 1. The highest BCUT2D eigenvalue weighted by Gasteiger charge is 2.17. The van der Waals surface area contributed by atoms with Gasteiger partial charge in [0.2, 0.25) is 11.8 Å². The monoisotopic (exact) mass is 468 g/mol. The maximum absolute atomic E-state index is 13.9. The van der Waals surface area contributed by atoms with Crippen molar-refractivity contribution in [3.63, 3.8) is 0 Å². The van der Waals surface area contributed by atoms with Gasteiger partial charge in [0.15, 0.2) is 0 Å². The second kappa shape index (κ2) is 9.76. The maximum atomic E-state index is 13.9. The molecule has 0 radical (unpaired) electrons. The smallest absolute Gasteiger partial charge is 0.390 e. The summed E-state index contributed by atoms with van der Waals surface area (Å²) in [7, 11) is 0. The molecule has 0 spiro atoms. The summed E-state index contributed by atoms with van der Waals surface area (Å²) in [4.78, 5) is 22.7. The van der Waals surface area contributed by atoms with Crippen LogP contribution in [0.15, 0.2) is 42.5 Å². The molecule has 31 heavy (non-hydrogen) atoms. The number of carbonyl (C=O) groups is 2. The van der Waals surface area contributed by atoms with E-state index in [4.69, 9.17) is 33.7 Å². The lowest BCUT2D eigenvalue weighted by Gasteiger charge is -2.08. The van der Waals surface area contributed by atoms with Crippen LogP contribution in [0.25, 0.3) is 16.9 Å². The minimum atomic E-state index is -0.810. The van der Waals surface area contributed by atoms with E-state index in [9.17, 15) is 18.4 Å². The number of rotatable bonds is 7. The molecule has 3 aromatic rings. The summed E-state index contributed by atoms with van der Waals surface area (Å²) in [5, 5.41) is 6.66. The molecule has 3 rings (SSSR count). The number of amides is 2. The van der Waals surface area contributed by atoms with E-state index in [0.29, 0.717) is 23.4 Å². The molecule has 0 bridgehead atoms. The lowest BCUT2D eigenvalue weighted by Crippen LogP contribution is -2.28. The molecule has 0 atom stereocenters. The SMILES string of the molecule is NC(=O)CCCNC(=O)Oc1cc(-c2cc(F)cc(Cl)c2)n(-c2ccc(F)c(Cl)c2)n1. The van der Waals surface area contributed by atoms with Crippen LogP contribution < -0.4 is 15.8 Å². The Morgan fingerprint density at radius 3 is 2.58 bits per heavy atom. The fourth-order valence-electron chi connectivity index (χ4n) is 2.71. The van der Waals surface area contributed by atoms with Crippen molar-refractivity contribution >= 4 is 35.2 Å². The highest BCUT2D eigenvalue weighted by molar-refractivity contribution is 6.31. The fraction of sp³-hybridized carbons (Fsp3) is 0.150. The first-order valence-electron chi connectivity index (χ1n) is 8.99. The first-order chi connectivity index (χ1) is 14.7. The van der Waals surface area contributed by atoms with E-state index in [1.807, 2.05) is 0 Å². The minimum absolute atomic E-state index is 0.108. The second-order valence-electron chi connectivity index (χ2n) is 6.42. The Morgan fingerprint density at radius 1 is 1.13 bits per heavy atom. The molecule has 0 saturated carbocycles. The molecule has 2 amide bonds. The molecular formula is C20H16Cl2F2N4O3. The number of benzene rings is 2. The van der Waals surface area contributed by atoms with E-state index in [1.165, 1.54) is 35.0 Å². The van der Waals surface area contributed by atoms with Crippen LogP contribution in [0, 0.1) is 11.6 Å². The molecule has 0 aliphatic heterocycles. The predicted octanol–water partition coefficient (Wildman–Crippen LogP) is 4.48. The number of nitrogens with one attached hydrogen (secondary N) is 1. The van der Waals surface area contributed by atoms with Crippen molar-refractivity contribution < 1.29 is 23.1 Å². The molecule has 0 aliphatic carbocycles.